The Hall–Kier alpha value is -2.83. The Kier molecular flexibility index (Phi) is 7.40. The number of anilines is 1. The minimum Gasteiger partial charge on any atom is -0.368 e. The number of carbonyl (C=O) groups is 1. The summed E-state index contributed by atoms with van der Waals surface area (Å²) in [6, 6.07) is 12.1. The van der Waals surface area contributed by atoms with E-state index in [1.165, 1.54) is 0 Å². The van der Waals surface area contributed by atoms with E-state index in [1.54, 1.807) is 0 Å². The predicted molar refractivity (Wildman–Crippen MR) is 112 cm³/mol. The zero-order chi connectivity index (χ0) is 19.7. The molecule has 27 heavy (non-hydrogen) atoms. The van der Waals surface area contributed by atoms with Gasteiger partial charge in [-0.2, -0.15) is 0 Å². The minimum atomic E-state index is -0.255. The van der Waals surface area contributed by atoms with Gasteiger partial charge in [-0.15, -0.1) is 0 Å². The number of carbonyl (C=O) groups excluding carboxylic acids is 1. The van der Waals surface area contributed by atoms with Crippen LogP contribution < -0.4 is 21.3 Å². The van der Waals surface area contributed by atoms with E-state index >= 15 is 0 Å². The lowest BCUT2D eigenvalue weighted by molar-refractivity contribution is -0.121. The van der Waals surface area contributed by atoms with Gasteiger partial charge in [-0.05, 0) is 45.9 Å². The highest BCUT2D eigenvalue weighted by Gasteiger charge is 2.13. The van der Waals surface area contributed by atoms with Crippen LogP contribution in [0, 0.1) is 0 Å². The van der Waals surface area contributed by atoms with Gasteiger partial charge < -0.3 is 21.3 Å². The summed E-state index contributed by atoms with van der Waals surface area (Å²) in [4.78, 5) is 20.8. The highest BCUT2D eigenvalue weighted by molar-refractivity contribution is 5.85. The van der Waals surface area contributed by atoms with Crippen LogP contribution in [-0.4, -0.2) is 48.6 Å². The standard InChI is InChI=1S/C20H30N6O/c1-5-21-19(24-14-18(27)26-20(2,3)4)23-13-12-22-17-11-10-15-8-6-7-9-16(15)25-17/h6-11H,5,12-14H2,1-4H3,(H,22,25)(H,26,27)(H2,21,23,24). The van der Waals surface area contributed by atoms with Gasteiger partial charge in [0.25, 0.3) is 0 Å². The van der Waals surface area contributed by atoms with Crippen molar-refractivity contribution >= 4 is 28.6 Å². The van der Waals surface area contributed by atoms with Gasteiger partial charge >= 0.3 is 0 Å². The lowest BCUT2D eigenvalue weighted by Gasteiger charge is -2.20. The van der Waals surface area contributed by atoms with Crippen LogP contribution in [0.3, 0.4) is 0 Å². The molecule has 0 unspecified atom stereocenters. The molecule has 1 amide bonds. The molecular weight excluding hydrogens is 340 g/mol. The number of amides is 1. The zero-order valence-electron chi connectivity index (χ0n) is 16.6. The molecule has 1 heterocycles. The maximum atomic E-state index is 11.9. The smallest absolute Gasteiger partial charge is 0.242 e. The average Bonchev–Trinajstić information content (AvgIpc) is 2.61. The molecule has 0 fully saturated rings. The zero-order valence-corrected chi connectivity index (χ0v) is 16.6. The molecule has 0 saturated heterocycles. The molecule has 146 valence electrons. The first-order chi connectivity index (χ1) is 12.9. The van der Waals surface area contributed by atoms with Crippen LogP contribution in [0.5, 0.6) is 0 Å². The minimum absolute atomic E-state index is 0.0895. The van der Waals surface area contributed by atoms with Gasteiger partial charge in [-0.25, -0.2) is 9.98 Å². The van der Waals surface area contributed by atoms with Crippen molar-refractivity contribution in [3.63, 3.8) is 0 Å². The van der Waals surface area contributed by atoms with Crippen LogP contribution in [0.25, 0.3) is 10.9 Å². The quantitative estimate of drug-likeness (QED) is 0.340. The lowest BCUT2D eigenvalue weighted by atomic mass is 10.1. The SMILES string of the molecule is CCNC(=NCC(=O)NC(C)(C)C)NCCNc1ccc2ccccc2n1. The summed E-state index contributed by atoms with van der Waals surface area (Å²) >= 11 is 0. The van der Waals surface area contributed by atoms with Crippen molar-refractivity contribution in [2.45, 2.75) is 33.2 Å². The third kappa shape index (κ3) is 7.52. The summed E-state index contributed by atoms with van der Waals surface area (Å²) in [5, 5.41) is 13.7. The average molecular weight is 371 g/mol. The Bertz CT molecular complexity index is 781. The van der Waals surface area contributed by atoms with Gasteiger partial charge in [-0.1, -0.05) is 18.2 Å². The van der Waals surface area contributed by atoms with Crippen LogP contribution >= 0.6 is 0 Å². The molecule has 0 bridgehead atoms. The number of aliphatic imine (C=N–C) groups is 1. The van der Waals surface area contributed by atoms with Crippen molar-refractivity contribution in [2.24, 2.45) is 4.99 Å². The summed E-state index contributed by atoms with van der Waals surface area (Å²) in [5.41, 5.74) is 0.713. The van der Waals surface area contributed by atoms with E-state index in [9.17, 15) is 4.79 Å². The number of pyridine rings is 1. The normalized spacial score (nSPS) is 11.9. The number of rotatable bonds is 7. The summed E-state index contributed by atoms with van der Waals surface area (Å²) in [6.45, 7) is 9.99. The molecule has 7 nitrogen and oxygen atoms in total. The third-order valence-electron chi connectivity index (χ3n) is 3.56. The van der Waals surface area contributed by atoms with Crippen LogP contribution in [-0.2, 0) is 4.79 Å². The number of benzene rings is 1. The molecule has 0 saturated carbocycles. The van der Waals surface area contributed by atoms with Crippen molar-refractivity contribution < 1.29 is 4.79 Å². The van der Waals surface area contributed by atoms with E-state index in [0.717, 1.165) is 23.3 Å². The van der Waals surface area contributed by atoms with Crippen LogP contribution in [0.4, 0.5) is 5.82 Å². The van der Waals surface area contributed by atoms with Gasteiger partial charge in [0.1, 0.15) is 12.4 Å². The van der Waals surface area contributed by atoms with E-state index in [0.29, 0.717) is 19.0 Å². The van der Waals surface area contributed by atoms with Crippen molar-refractivity contribution in [2.75, 3.05) is 31.5 Å². The highest BCUT2D eigenvalue weighted by Crippen LogP contribution is 2.14. The lowest BCUT2D eigenvalue weighted by Crippen LogP contribution is -2.43. The molecule has 0 aliphatic rings. The molecule has 7 heteroatoms. The van der Waals surface area contributed by atoms with E-state index in [-0.39, 0.29) is 18.0 Å². The second-order valence-electron chi connectivity index (χ2n) is 7.24. The molecule has 0 radical (unpaired) electrons. The summed E-state index contributed by atoms with van der Waals surface area (Å²) in [7, 11) is 0. The fraction of sp³-hybridized carbons (Fsp3) is 0.450. The second-order valence-corrected chi connectivity index (χ2v) is 7.24. The number of nitrogens with one attached hydrogen (secondary N) is 4. The molecule has 4 N–H and O–H groups in total. The molecule has 2 rings (SSSR count). The largest absolute Gasteiger partial charge is 0.368 e. The Balaban J connectivity index is 1.80. The maximum Gasteiger partial charge on any atom is 0.242 e. The Morgan fingerprint density at radius 2 is 1.85 bits per heavy atom. The Morgan fingerprint density at radius 3 is 2.59 bits per heavy atom. The van der Waals surface area contributed by atoms with Crippen molar-refractivity contribution in [1.82, 2.24) is 20.9 Å². The number of fused-ring (bicyclic) bond motifs is 1. The molecule has 0 aliphatic carbocycles. The summed E-state index contributed by atoms with van der Waals surface area (Å²) in [5.74, 6) is 1.36. The number of hydrogen-bond acceptors (Lipinski definition) is 4. The highest BCUT2D eigenvalue weighted by atomic mass is 16.2. The molecule has 0 atom stereocenters. The maximum absolute atomic E-state index is 11.9. The number of guanidine groups is 1. The van der Waals surface area contributed by atoms with Crippen LogP contribution in [0.15, 0.2) is 41.4 Å². The molecule has 0 aliphatic heterocycles. The Morgan fingerprint density at radius 1 is 1.07 bits per heavy atom. The van der Waals surface area contributed by atoms with Crippen LogP contribution in [0.1, 0.15) is 27.7 Å². The third-order valence-corrected chi connectivity index (χ3v) is 3.56. The molecule has 2 aromatic rings. The first kappa shape index (κ1) is 20.5. The first-order valence-electron chi connectivity index (χ1n) is 9.30. The fourth-order valence-corrected chi connectivity index (χ4v) is 2.49. The van der Waals surface area contributed by atoms with E-state index in [4.69, 9.17) is 0 Å². The monoisotopic (exact) mass is 370 g/mol. The van der Waals surface area contributed by atoms with Gasteiger partial charge in [-0.3, -0.25) is 4.79 Å². The number of nitrogens with zero attached hydrogens (tertiary/aromatic N) is 2. The van der Waals surface area contributed by atoms with E-state index in [1.807, 2.05) is 58.0 Å². The van der Waals surface area contributed by atoms with Gasteiger partial charge in [0.05, 0.1) is 5.52 Å². The molecule has 1 aromatic carbocycles. The van der Waals surface area contributed by atoms with Gasteiger partial charge in [0.15, 0.2) is 5.96 Å². The van der Waals surface area contributed by atoms with Gasteiger partial charge in [0.2, 0.25) is 5.91 Å². The topological polar surface area (TPSA) is 90.4 Å². The molecule has 0 spiro atoms. The number of para-hydroxylation sites is 1. The number of aromatic nitrogens is 1. The van der Waals surface area contributed by atoms with E-state index in [2.05, 4.69) is 37.3 Å². The second kappa shape index (κ2) is 9.75. The first-order valence-corrected chi connectivity index (χ1v) is 9.30. The summed E-state index contributed by atoms with van der Waals surface area (Å²) in [6.07, 6.45) is 0. The Labute approximate surface area is 161 Å². The predicted octanol–water partition coefficient (Wildman–Crippen LogP) is 2.12. The van der Waals surface area contributed by atoms with Crippen LogP contribution in [0.2, 0.25) is 0 Å². The van der Waals surface area contributed by atoms with E-state index < -0.39 is 0 Å². The van der Waals surface area contributed by atoms with Crippen molar-refractivity contribution in [1.29, 1.82) is 0 Å². The fourth-order valence-electron chi connectivity index (χ4n) is 2.49. The van der Waals surface area contributed by atoms with Crippen molar-refractivity contribution in [3.05, 3.63) is 36.4 Å². The molecular formula is C20H30N6O. The molecule has 1 aromatic heterocycles. The van der Waals surface area contributed by atoms with Gasteiger partial charge in [0, 0.05) is 30.6 Å². The number of hydrogen-bond donors (Lipinski definition) is 4. The summed E-state index contributed by atoms with van der Waals surface area (Å²) < 4.78 is 0. The van der Waals surface area contributed by atoms with Crippen molar-refractivity contribution in [3.8, 4) is 0 Å².